The van der Waals surface area contributed by atoms with E-state index in [2.05, 4.69) is 15.2 Å². The summed E-state index contributed by atoms with van der Waals surface area (Å²) in [7, 11) is 4.97. The van der Waals surface area contributed by atoms with Crippen molar-refractivity contribution in [2.45, 2.75) is 17.3 Å². The fourth-order valence-corrected chi connectivity index (χ4v) is 6.26. The lowest BCUT2D eigenvalue weighted by Gasteiger charge is -2.16. The number of nitrogens with zero attached hydrogens (tertiary/aromatic N) is 5. The molecule has 3 heterocycles. The molecule has 0 aliphatic heterocycles. The van der Waals surface area contributed by atoms with Crippen molar-refractivity contribution in [2.75, 3.05) is 27.8 Å². The van der Waals surface area contributed by atoms with Crippen LogP contribution >= 0.6 is 46.3 Å². The van der Waals surface area contributed by atoms with Gasteiger partial charge in [0.25, 0.3) is 5.91 Å². The van der Waals surface area contributed by atoms with E-state index in [4.69, 9.17) is 37.1 Å². The average molecular weight is 631 g/mol. The first-order valence-corrected chi connectivity index (χ1v) is 15.0. The van der Waals surface area contributed by atoms with Crippen molar-refractivity contribution in [1.82, 2.24) is 24.6 Å². The molecular weight excluding hydrogens is 605 g/mol. The molecule has 0 aliphatic carbocycles. The Kier molecular flexibility index (Phi) is 9.19. The SMILES string of the molecule is COc1ccc(CCN(C)C(=O)c2csc(CSc3nnc(-c4ccco4)n3-c3ccc(Cl)cc3Cl)n2)cc1OC. The topological polar surface area (TPSA) is 95.5 Å². The summed E-state index contributed by atoms with van der Waals surface area (Å²) in [5.74, 6) is 2.72. The van der Waals surface area contributed by atoms with Gasteiger partial charge < -0.3 is 18.8 Å². The van der Waals surface area contributed by atoms with Crippen LogP contribution in [0.2, 0.25) is 10.0 Å². The molecule has 5 aromatic rings. The first-order chi connectivity index (χ1) is 19.9. The summed E-state index contributed by atoms with van der Waals surface area (Å²) in [5, 5.41) is 12.9. The van der Waals surface area contributed by atoms with E-state index in [0.717, 1.165) is 10.6 Å². The number of thiazole rings is 1. The largest absolute Gasteiger partial charge is 0.493 e. The van der Waals surface area contributed by atoms with Crippen molar-refractivity contribution < 1.29 is 18.7 Å². The van der Waals surface area contributed by atoms with Crippen LogP contribution in [-0.2, 0) is 12.2 Å². The number of carbonyl (C=O) groups excluding carboxylic acids is 1. The number of benzene rings is 2. The molecule has 5 rings (SSSR count). The van der Waals surface area contributed by atoms with Gasteiger partial charge >= 0.3 is 0 Å². The van der Waals surface area contributed by atoms with Crippen LogP contribution in [0.4, 0.5) is 0 Å². The zero-order valence-corrected chi connectivity index (χ0v) is 25.5. The molecule has 212 valence electrons. The van der Waals surface area contributed by atoms with Gasteiger partial charge in [0.15, 0.2) is 22.4 Å². The van der Waals surface area contributed by atoms with Gasteiger partial charge in [-0.3, -0.25) is 9.36 Å². The number of amides is 1. The maximum Gasteiger partial charge on any atom is 0.273 e. The highest BCUT2D eigenvalue weighted by molar-refractivity contribution is 7.98. The van der Waals surface area contributed by atoms with Crippen molar-refractivity contribution in [3.05, 3.63) is 86.5 Å². The van der Waals surface area contributed by atoms with Crippen molar-refractivity contribution in [3.8, 4) is 28.8 Å². The Hall–Kier alpha value is -3.51. The number of ether oxygens (including phenoxy) is 2. The van der Waals surface area contributed by atoms with E-state index >= 15 is 0 Å². The quantitative estimate of drug-likeness (QED) is 0.145. The highest BCUT2D eigenvalue weighted by atomic mass is 35.5. The second-order valence-electron chi connectivity index (χ2n) is 8.80. The lowest BCUT2D eigenvalue weighted by atomic mass is 10.1. The molecular formula is C28H25Cl2N5O4S2. The van der Waals surface area contributed by atoms with Gasteiger partial charge in [0, 0.05) is 24.0 Å². The van der Waals surface area contributed by atoms with Crippen molar-refractivity contribution in [1.29, 1.82) is 0 Å². The molecule has 9 nitrogen and oxygen atoms in total. The molecule has 1 amide bonds. The van der Waals surface area contributed by atoms with Crippen LogP contribution in [-0.4, -0.2) is 58.4 Å². The third-order valence-corrected chi connectivity index (χ3v) is 8.66. The van der Waals surface area contributed by atoms with E-state index in [1.165, 1.54) is 23.1 Å². The first-order valence-electron chi connectivity index (χ1n) is 12.4. The summed E-state index contributed by atoms with van der Waals surface area (Å²) < 4.78 is 18.1. The molecule has 41 heavy (non-hydrogen) atoms. The molecule has 3 aromatic heterocycles. The van der Waals surface area contributed by atoms with E-state index in [9.17, 15) is 4.79 Å². The van der Waals surface area contributed by atoms with Gasteiger partial charge in [-0.25, -0.2) is 4.98 Å². The van der Waals surface area contributed by atoms with Crippen molar-refractivity contribution >= 4 is 52.2 Å². The highest BCUT2D eigenvalue weighted by Gasteiger charge is 2.21. The molecule has 0 atom stereocenters. The summed E-state index contributed by atoms with van der Waals surface area (Å²) in [4.78, 5) is 19.3. The summed E-state index contributed by atoms with van der Waals surface area (Å²) in [6.45, 7) is 0.524. The Morgan fingerprint density at radius 2 is 1.93 bits per heavy atom. The molecule has 0 fully saturated rings. The second kappa shape index (κ2) is 13.0. The smallest absolute Gasteiger partial charge is 0.273 e. The maximum absolute atomic E-state index is 13.1. The van der Waals surface area contributed by atoms with Gasteiger partial charge in [-0.1, -0.05) is 41.0 Å². The molecule has 13 heteroatoms. The minimum Gasteiger partial charge on any atom is -0.493 e. The number of thioether (sulfide) groups is 1. The van der Waals surface area contributed by atoms with Crippen LogP contribution in [0, 0.1) is 0 Å². The Morgan fingerprint density at radius 3 is 2.66 bits per heavy atom. The zero-order valence-electron chi connectivity index (χ0n) is 22.3. The van der Waals surface area contributed by atoms with E-state index in [0.29, 0.717) is 68.4 Å². The number of hydrogen-bond donors (Lipinski definition) is 0. The molecule has 0 spiro atoms. The Morgan fingerprint density at radius 1 is 1.10 bits per heavy atom. The van der Waals surface area contributed by atoms with E-state index < -0.39 is 0 Å². The number of carbonyl (C=O) groups is 1. The lowest BCUT2D eigenvalue weighted by Crippen LogP contribution is -2.29. The summed E-state index contributed by atoms with van der Waals surface area (Å²) >= 11 is 15.5. The number of aromatic nitrogens is 4. The molecule has 0 N–H and O–H groups in total. The Labute approximate surface area is 255 Å². The van der Waals surface area contributed by atoms with Gasteiger partial charge in [0.2, 0.25) is 5.82 Å². The summed E-state index contributed by atoms with van der Waals surface area (Å²) in [5.41, 5.74) is 2.11. The van der Waals surface area contributed by atoms with Crippen molar-refractivity contribution in [2.24, 2.45) is 0 Å². The fraction of sp³-hybridized carbons (Fsp3) is 0.214. The number of rotatable bonds is 11. The number of hydrogen-bond acceptors (Lipinski definition) is 9. The van der Waals surface area contributed by atoms with Gasteiger partial charge in [0.1, 0.15) is 10.7 Å². The van der Waals surface area contributed by atoms with Crippen LogP contribution < -0.4 is 9.47 Å². The third kappa shape index (κ3) is 6.54. The van der Waals surface area contributed by atoms with Gasteiger partial charge in [-0.05, 0) is 54.4 Å². The van der Waals surface area contributed by atoms with Gasteiger partial charge in [0.05, 0.1) is 36.9 Å². The van der Waals surface area contributed by atoms with Gasteiger partial charge in [-0.2, -0.15) is 0 Å². The molecule has 0 bridgehead atoms. The minimum atomic E-state index is -0.144. The van der Waals surface area contributed by atoms with E-state index in [1.807, 2.05) is 28.8 Å². The number of methoxy groups -OCH3 is 2. The monoisotopic (exact) mass is 629 g/mol. The normalized spacial score (nSPS) is 11.0. The predicted molar refractivity (Wildman–Crippen MR) is 161 cm³/mol. The molecule has 0 saturated carbocycles. The van der Waals surface area contributed by atoms with Crippen LogP contribution in [0.1, 0.15) is 21.1 Å². The Balaban J connectivity index is 1.27. The van der Waals surface area contributed by atoms with E-state index in [-0.39, 0.29) is 5.91 Å². The molecule has 0 unspecified atom stereocenters. The minimum absolute atomic E-state index is 0.144. The van der Waals surface area contributed by atoms with Crippen molar-refractivity contribution in [3.63, 3.8) is 0 Å². The standard InChI is InChI=1S/C28H25Cl2N5O4S2/c1-34(11-10-17-6-9-22(37-2)24(13-17)38-3)27(36)20-15-40-25(31-20)16-41-28-33-32-26(23-5-4-12-39-23)35(28)21-8-7-18(29)14-19(21)30/h4-9,12-15H,10-11,16H2,1-3H3. The predicted octanol–water partition coefficient (Wildman–Crippen LogP) is 6.91. The fourth-order valence-electron chi connectivity index (χ4n) is 4.04. The Bertz CT molecular complexity index is 1660. The lowest BCUT2D eigenvalue weighted by molar-refractivity contribution is 0.0791. The van der Waals surface area contributed by atoms with Crippen LogP contribution in [0.5, 0.6) is 11.5 Å². The molecule has 0 aliphatic rings. The zero-order chi connectivity index (χ0) is 28.9. The summed E-state index contributed by atoms with van der Waals surface area (Å²) in [6, 6.07) is 14.6. The second-order valence-corrected chi connectivity index (χ2v) is 11.5. The van der Waals surface area contributed by atoms with Crippen LogP contribution in [0.15, 0.2) is 69.7 Å². The van der Waals surface area contributed by atoms with Crippen LogP contribution in [0.3, 0.4) is 0 Å². The number of halogens is 2. The number of likely N-dealkylation sites (N-methyl/N-ethyl adjacent to an activating group) is 1. The molecule has 0 radical (unpaired) electrons. The maximum atomic E-state index is 13.1. The van der Waals surface area contributed by atoms with E-state index in [1.54, 1.807) is 62.1 Å². The molecule has 0 saturated heterocycles. The number of furan rings is 1. The highest BCUT2D eigenvalue weighted by Crippen LogP contribution is 2.34. The van der Waals surface area contributed by atoms with Gasteiger partial charge in [-0.15, -0.1) is 21.5 Å². The third-order valence-electron chi connectivity index (χ3n) is 6.15. The first kappa shape index (κ1) is 29.0. The molecule has 2 aromatic carbocycles. The average Bonchev–Trinajstić information content (AvgIpc) is 3.75. The summed E-state index contributed by atoms with van der Waals surface area (Å²) in [6.07, 6.45) is 2.24. The van der Waals surface area contributed by atoms with Crippen LogP contribution in [0.25, 0.3) is 17.3 Å².